The molecule has 0 saturated carbocycles. The first kappa shape index (κ1) is 22.6. The number of aromatic hydroxyl groups is 2. The standard InChI is InChI=1S/C17H20Cl2N2O2.C3H8/c1-2-13(9-3-11(7-20)16(22)14(18)5-9)10-4-12(8-21)17(23)15(19)6-10;1-3-2/h3-6,13,22-23H,2,7-8,20-21H2,1H3;3H2,1-2H3. The van der Waals surface area contributed by atoms with Crippen LogP contribution in [0.4, 0.5) is 0 Å². The van der Waals surface area contributed by atoms with Crippen molar-refractivity contribution < 1.29 is 10.2 Å². The number of benzene rings is 2. The van der Waals surface area contributed by atoms with Crippen molar-refractivity contribution in [1.29, 1.82) is 0 Å². The minimum absolute atomic E-state index is 0.00167. The van der Waals surface area contributed by atoms with Crippen molar-refractivity contribution >= 4 is 23.2 Å². The normalized spacial score (nSPS) is 10.6. The fourth-order valence-corrected chi connectivity index (χ4v) is 3.23. The molecule has 144 valence electrons. The molecule has 0 spiro atoms. The van der Waals surface area contributed by atoms with E-state index < -0.39 is 0 Å². The summed E-state index contributed by atoms with van der Waals surface area (Å²) in [5, 5.41) is 20.4. The molecule has 0 atom stereocenters. The summed E-state index contributed by atoms with van der Waals surface area (Å²) in [7, 11) is 0. The Bertz CT molecular complexity index is 677. The average molecular weight is 399 g/mol. The van der Waals surface area contributed by atoms with Gasteiger partial charge in [0.1, 0.15) is 11.5 Å². The van der Waals surface area contributed by atoms with Crippen LogP contribution in [0.25, 0.3) is 0 Å². The van der Waals surface area contributed by atoms with Gasteiger partial charge >= 0.3 is 0 Å². The topological polar surface area (TPSA) is 92.5 Å². The molecular weight excluding hydrogens is 371 g/mol. The van der Waals surface area contributed by atoms with Crippen molar-refractivity contribution in [2.75, 3.05) is 0 Å². The van der Waals surface area contributed by atoms with Gasteiger partial charge in [0, 0.05) is 30.1 Å². The maximum atomic E-state index is 9.93. The van der Waals surface area contributed by atoms with Crippen molar-refractivity contribution in [3.8, 4) is 11.5 Å². The number of phenolic OH excluding ortho intramolecular Hbond substituents is 2. The quantitative estimate of drug-likeness (QED) is 0.550. The first-order valence-electron chi connectivity index (χ1n) is 8.77. The molecule has 0 saturated heterocycles. The van der Waals surface area contributed by atoms with Gasteiger partial charge in [-0.05, 0) is 29.7 Å². The lowest BCUT2D eigenvalue weighted by atomic mass is 9.87. The van der Waals surface area contributed by atoms with Crippen LogP contribution in [-0.2, 0) is 13.1 Å². The molecule has 26 heavy (non-hydrogen) atoms. The van der Waals surface area contributed by atoms with Crippen molar-refractivity contribution in [2.24, 2.45) is 11.5 Å². The zero-order valence-electron chi connectivity index (χ0n) is 15.5. The summed E-state index contributed by atoms with van der Waals surface area (Å²) in [5.74, 6) is 0.0279. The van der Waals surface area contributed by atoms with E-state index in [-0.39, 0.29) is 40.6 Å². The van der Waals surface area contributed by atoms with Crippen LogP contribution in [0.5, 0.6) is 11.5 Å². The fourth-order valence-electron chi connectivity index (χ4n) is 2.74. The summed E-state index contributed by atoms with van der Waals surface area (Å²) in [6, 6.07) is 7.15. The van der Waals surface area contributed by atoms with Gasteiger partial charge in [-0.3, -0.25) is 0 Å². The first-order chi connectivity index (χ1) is 12.3. The predicted octanol–water partition coefficient (Wildman–Crippen LogP) is 5.28. The van der Waals surface area contributed by atoms with Gasteiger partial charge in [0.2, 0.25) is 0 Å². The Labute approximate surface area is 165 Å². The monoisotopic (exact) mass is 398 g/mol. The number of phenols is 2. The molecule has 4 nitrogen and oxygen atoms in total. The van der Waals surface area contributed by atoms with E-state index in [4.69, 9.17) is 34.7 Å². The van der Waals surface area contributed by atoms with Crippen molar-refractivity contribution in [1.82, 2.24) is 0 Å². The van der Waals surface area contributed by atoms with Gasteiger partial charge in [0.15, 0.2) is 0 Å². The van der Waals surface area contributed by atoms with Gasteiger partial charge in [-0.25, -0.2) is 0 Å². The van der Waals surface area contributed by atoms with Gasteiger partial charge < -0.3 is 21.7 Å². The molecule has 6 heteroatoms. The summed E-state index contributed by atoms with van der Waals surface area (Å²) in [4.78, 5) is 0. The molecule has 2 aromatic carbocycles. The summed E-state index contributed by atoms with van der Waals surface area (Å²) >= 11 is 12.2. The van der Waals surface area contributed by atoms with E-state index in [1.807, 2.05) is 19.1 Å². The number of halogens is 2. The second kappa shape index (κ2) is 10.6. The third kappa shape index (κ3) is 5.27. The van der Waals surface area contributed by atoms with E-state index >= 15 is 0 Å². The molecule has 0 aromatic heterocycles. The summed E-state index contributed by atoms with van der Waals surface area (Å²) < 4.78 is 0. The Morgan fingerprint density at radius 2 is 1.15 bits per heavy atom. The van der Waals surface area contributed by atoms with E-state index in [0.717, 1.165) is 17.5 Å². The van der Waals surface area contributed by atoms with E-state index in [2.05, 4.69) is 13.8 Å². The predicted molar refractivity (Wildman–Crippen MR) is 110 cm³/mol. The molecule has 0 aliphatic heterocycles. The maximum Gasteiger partial charge on any atom is 0.138 e. The number of nitrogens with two attached hydrogens (primary N) is 2. The highest BCUT2D eigenvalue weighted by atomic mass is 35.5. The van der Waals surface area contributed by atoms with Gasteiger partial charge in [-0.15, -0.1) is 0 Å². The molecule has 0 radical (unpaired) electrons. The fraction of sp³-hybridized carbons (Fsp3) is 0.400. The van der Waals surface area contributed by atoms with E-state index in [1.54, 1.807) is 12.1 Å². The van der Waals surface area contributed by atoms with E-state index in [0.29, 0.717) is 11.1 Å². The molecule has 0 amide bonds. The SMILES string of the molecule is CCC.CCC(c1cc(Cl)c(O)c(CN)c1)c1cc(Cl)c(O)c(CN)c1. The van der Waals surface area contributed by atoms with Crippen LogP contribution in [0.3, 0.4) is 0 Å². The number of hydrogen-bond acceptors (Lipinski definition) is 4. The van der Waals surface area contributed by atoms with Crippen LogP contribution < -0.4 is 11.5 Å². The van der Waals surface area contributed by atoms with Crippen molar-refractivity contribution in [2.45, 2.75) is 52.6 Å². The minimum Gasteiger partial charge on any atom is -0.506 e. The second-order valence-corrected chi connectivity index (χ2v) is 6.91. The molecule has 0 heterocycles. The zero-order valence-corrected chi connectivity index (χ0v) is 17.0. The highest BCUT2D eigenvalue weighted by Crippen LogP contribution is 2.38. The van der Waals surface area contributed by atoms with Crippen LogP contribution in [0, 0.1) is 0 Å². The Morgan fingerprint density at radius 3 is 1.42 bits per heavy atom. The number of rotatable bonds is 5. The Balaban J connectivity index is 0.00000105. The lowest BCUT2D eigenvalue weighted by Gasteiger charge is -2.20. The van der Waals surface area contributed by atoms with Crippen LogP contribution >= 0.6 is 23.2 Å². The average Bonchev–Trinajstić information content (AvgIpc) is 2.61. The van der Waals surface area contributed by atoms with Crippen molar-refractivity contribution in [3.63, 3.8) is 0 Å². The van der Waals surface area contributed by atoms with E-state index in [9.17, 15) is 10.2 Å². The second-order valence-electron chi connectivity index (χ2n) is 6.10. The Morgan fingerprint density at radius 1 is 0.808 bits per heavy atom. The van der Waals surface area contributed by atoms with Crippen LogP contribution in [-0.4, -0.2) is 10.2 Å². The van der Waals surface area contributed by atoms with Crippen LogP contribution in [0.2, 0.25) is 10.0 Å². The minimum atomic E-state index is 0.00167. The molecule has 6 N–H and O–H groups in total. The Hall–Kier alpha value is -1.46. The third-order valence-electron chi connectivity index (χ3n) is 3.98. The Kier molecular flexibility index (Phi) is 9.23. The van der Waals surface area contributed by atoms with Gasteiger partial charge in [0.25, 0.3) is 0 Å². The van der Waals surface area contributed by atoms with Gasteiger partial charge in [-0.1, -0.05) is 62.5 Å². The molecule has 2 aromatic rings. The third-order valence-corrected chi connectivity index (χ3v) is 4.56. The number of hydrogen-bond donors (Lipinski definition) is 4. The van der Waals surface area contributed by atoms with Gasteiger partial charge in [-0.2, -0.15) is 0 Å². The summed E-state index contributed by atoms with van der Waals surface area (Å²) in [5.41, 5.74) is 14.4. The van der Waals surface area contributed by atoms with E-state index in [1.165, 1.54) is 6.42 Å². The van der Waals surface area contributed by atoms with Crippen LogP contribution in [0.15, 0.2) is 24.3 Å². The maximum absolute atomic E-state index is 9.93. The molecule has 2 rings (SSSR count). The zero-order chi connectivity index (χ0) is 19.9. The first-order valence-corrected chi connectivity index (χ1v) is 9.52. The molecule has 0 fully saturated rings. The van der Waals surface area contributed by atoms with Crippen molar-refractivity contribution in [3.05, 3.63) is 56.6 Å². The molecule has 0 aliphatic carbocycles. The van der Waals surface area contributed by atoms with Crippen LogP contribution in [0.1, 0.15) is 61.8 Å². The lowest BCUT2D eigenvalue weighted by Crippen LogP contribution is -2.05. The molecular formula is C20H28Cl2N2O2. The highest BCUT2D eigenvalue weighted by molar-refractivity contribution is 6.32. The summed E-state index contributed by atoms with van der Waals surface area (Å²) in [6.45, 7) is 6.68. The molecule has 0 unspecified atom stereocenters. The largest absolute Gasteiger partial charge is 0.506 e. The smallest absolute Gasteiger partial charge is 0.138 e. The molecule has 0 aliphatic rings. The molecule has 0 bridgehead atoms. The van der Waals surface area contributed by atoms with Gasteiger partial charge in [0.05, 0.1) is 10.0 Å². The highest BCUT2D eigenvalue weighted by Gasteiger charge is 2.19. The summed E-state index contributed by atoms with van der Waals surface area (Å²) in [6.07, 6.45) is 2.04. The lowest BCUT2D eigenvalue weighted by molar-refractivity contribution is 0.468.